The van der Waals surface area contributed by atoms with Gasteiger partial charge >= 0.3 is 0 Å². The van der Waals surface area contributed by atoms with Crippen LogP contribution in [0.5, 0.6) is 0 Å². The van der Waals surface area contributed by atoms with E-state index < -0.39 is 16.1 Å². The SMILES string of the molecule is CCCNC(=O)[C@@H](Cc1ccccc1)N(Cc1ccccc1)C(=O)CCCN(c1ccccc1C)S(C)(=O)=O. The summed E-state index contributed by atoms with van der Waals surface area (Å²) in [7, 11) is -3.54. The fourth-order valence-corrected chi connectivity index (χ4v) is 5.55. The van der Waals surface area contributed by atoms with Gasteiger partial charge in [0.2, 0.25) is 21.8 Å². The van der Waals surface area contributed by atoms with Crippen LogP contribution in [0.25, 0.3) is 0 Å². The monoisotopic (exact) mass is 549 g/mol. The van der Waals surface area contributed by atoms with Crippen molar-refractivity contribution in [3.63, 3.8) is 0 Å². The quantitative estimate of drug-likeness (QED) is 0.316. The summed E-state index contributed by atoms with van der Waals surface area (Å²) in [6, 6.07) is 25.9. The molecule has 3 aromatic carbocycles. The van der Waals surface area contributed by atoms with E-state index in [0.29, 0.717) is 25.1 Å². The minimum atomic E-state index is -3.54. The molecule has 0 heterocycles. The third-order valence-electron chi connectivity index (χ3n) is 6.55. The number of aryl methyl sites for hydroxylation is 1. The molecule has 2 amide bonds. The van der Waals surface area contributed by atoms with Gasteiger partial charge in [0.1, 0.15) is 6.04 Å². The molecule has 0 bridgehead atoms. The second kappa shape index (κ2) is 14.5. The summed E-state index contributed by atoms with van der Waals surface area (Å²) >= 11 is 0. The molecule has 0 aliphatic carbocycles. The third-order valence-corrected chi connectivity index (χ3v) is 7.73. The number of amides is 2. The van der Waals surface area contributed by atoms with Gasteiger partial charge < -0.3 is 10.2 Å². The Balaban J connectivity index is 1.85. The zero-order chi connectivity index (χ0) is 28.3. The van der Waals surface area contributed by atoms with Crippen molar-refractivity contribution in [3.05, 3.63) is 102 Å². The summed E-state index contributed by atoms with van der Waals surface area (Å²) in [6.07, 6.45) is 2.78. The van der Waals surface area contributed by atoms with Gasteiger partial charge in [-0.1, -0.05) is 85.8 Å². The Kier molecular flexibility index (Phi) is 11.1. The predicted octanol–water partition coefficient (Wildman–Crippen LogP) is 4.71. The first kappa shape index (κ1) is 29.9. The van der Waals surface area contributed by atoms with Crippen molar-refractivity contribution in [2.24, 2.45) is 0 Å². The van der Waals surface area contributed by atoms with Gasteiger partial charge in [-0.05, 0) is 42.5 Å². The number of nitrogens with one attached hydrogen (secondary N) is 1. The molecule has 7 nitrogen and oxygen atoms in total. The van der Waals surface area contributed by atoms with Gasteiger partial charge in [0, 0.05) is 32.5 Å². The Hall–Kier alpha value is -3.65. The number of hydrogen-bond donors (Lipinski definition) is 1. The van der Waals surface area contributed by atoms with Crippen LogP contribution in [0.4, 0.5) is 5.69 Å². The fourth-order valence-electron chi connectivity index (χ4n) is 4.53. The van der Waals surface area contributed by atoms with Gasteiger partial charge in [0.15, 0.2) is 0 Å². The Labute approximate surface area is 232 Å². The highest BCUT2D eigenvalue weighted by Crippen LogP contribution is 2.23. The number of rotatable bonds is 14. The van der Waals surface area contributed by atoms with Gasteiger partial charge in [-0.15, -0.1) is 0 Å². The van der Waals surface area contributed by atoms with Gasteiger partial charge in [-0.2, -0.15) is 0 Å². The highest BCUT2D eigenvalue weighted by molar-refractivity contribution is 7.92. The first-order valence-electron chi connectivity index (χ1n) is 13.4. The molecule has 0 unspecified atom stereocenters. The van der Waals surface area contributed by atoms with Crippen LogP contribution in [0, 0.1) is 6.92 Å². The minimum absolute atomic E-state index is 0.108. The maximum absolute atomic E-state index is 13.8. The predicted molar refractivity (Wildman–Crippen MR) is 157 cm³/mol. The van der Waals surface area contributed by atoms with E-state index in [4.69, 9.17) is 0 Å². The molecule has 0 aliphatic heterocycles. The fraction of sp³-hybridized carbons (Fsp3) is 0.355. The number of sulfonamides is 1. The largest absolute Gasteiger partial charge is 0.354 e. The van der Waals surface area contributed by atoms with Crippen molar-refractivity contribution in [1.82, 2.24) is 10.2 Å². The van der Waals surface area contributed by atoms with E-state index in [-0.39, 0.29) is 31.3 Å². The molecule has 0 radical (unpaired) electrons. The normalized spacial score (nSPS) is 12.0. The molecule has 8 heteroatoms. The highest BCUT2D eigenvalue weighted by atomic mass is 32.2. The zero-order valence-corrected chi connectivity index (χ0v) is 23.9. The molecule has 208 valence electrons. The number of para-hydroxylation sites is 1. The lowest BCUT2D eigenvalue weighted by molar-refractivity contribution is -0.141. The molecule has 0 spiro atoms. The lowest BCUT2D eigenvalue weighted by Crippen LogP contribution is -2.50. The second-order valence-corrected chi connectivity index (χ2v) is 11.6. The molecular formula is C31H39N3O4S. The number of carbonyl (C=O) groups excluding carboxylic acids is 2. The molecule has 0 saturated carbocycles. The van der Waals surface area contributed by atoms with E-state index in [9.17, 15) is 18.0 Å². The van der Waals surface area contributed by atoms with Crippen molar-refractivity contribution in [2.75, 3.05) is 23.7 Å². The summed E-state index contributed by atoms with van der Waals surface area (Å²) in [5, 5.41) is 2.98. The topological polar surface area (TPSA) is 86.8 Å². The van der Waals surface area contributed by atoms with Crippen molar-refractivity contribution in [1.29, 1.82) is 0 Å². The number of nitrogens with zero attached hydrogens (tertiary/aromatic N) is 2. The molecule has 39 heavy (non-hydrogen) atoms. The van der Waals surface area contributed by atoms with Crippen LogP contribution in [-0.4, -0.2) is 50.5 Å². The van der Waals surface area contributed by atoms with Crippen LogP contribution in [-0.2, 0) is 32.6 Å². The van der Waals surface area contributed by atoms with Crippen LogP contribution in [0.2, 0.25) is 0 Å². The summed E-state index contributed by atoms with van der Waals surface area (Å²) in [5.41, 5.74) is 3.33. The van der Waals surface area contributed by atoms with Gasteiger partial charge in [-0.25, -0.2) is 8.42 Å². The number of hydrogen-bond acceptors (Lipinski definition) is 4. The third kappa shape index (κ3) is 8.96. The molecular weight excluding hydrogens is 510 g/mol. The number of carbonyl (C=O) groups is 2. The average molecular weight is 550 g/mol. The number of anilines is 1. The highest BCUT2D eigenvalue weighted by Gasteiger charge is 2.30. The molecule has 0 aromatic heterocycles. The van der Waals surface area contributed by atoms with Crippen LogP contribution in [0.3, 0.4) is 0 Å². The van der Waals surface area contributed by atoms with Gasteiger partial charge in [0.05, 0.1) is 11.9 Å². The first-order chi connectivity index (χ1) is 18.7. The Bertz CT molecular complexity index is 1310. The summed E-state index contributed by atoms with van der Waals surface area (Å²) in [6.45, 7) is 4.83. The van der Waals surface area contributed by atoms with Gasteiger partial charge in [-0.3, -0.25) is 13.9 Å². The molecule has 1 N–H and O–H groups in total. The maximum atomic E-state index is 13.8. The lowest BCUT2D eigenvalue weighted by atomic mass is 10.0. The minimum Gasteiger partial charge on any atom is -0.354 e. The first-order valence-corrected chi connectivity index (χ1v) is 15.2. The Morgan fingerprint density at radius 1 is 0.872 bits per heavy atom. The standard InChI is InChI=1S/C31H39N3O4S/c1-4-21-32-31(36)29(23-26-15-7-5-8-16-26)33(24-27-17-9-6-10-18-27)30(35)20-13-22-34(39(3,37)38)28-19-12-11-14-25(28)2/h5-12,14-19,29H,4,13,20-24H2,1-3H3,(H,32,36)/t29-/m1/s1. The summed E-state index contributed by atoms with van der Waals surface area (Å²) in [5.74, 6) is -0.382. The van der Waals surface area contributed by atoms with Crippen LogP contribution < -0.4 is 9.62 Å². The molecule has 0 fully saturated rings. The van der Waals surface area contributed by atoms with Crippen molar-refractivity contribution >= 4 is 27.5 Å². The smallest absolute Gasteiger partial charge is 0.243 e. The van der Waals surface area contributed by atoms with E-state index in [1.165, 1.54) is 10.6 Å². The summed E-state index contributed by atoms with van der Waals surface area (Å²) < 4.78 is 26.6. The molecule has 0 aliphatic rings. The zero-order valence-electron chi connectivity index (χ0n) is 23.0. The molecule has 3 aromatic rings. The van der Waals surface area contributed by atoms with Crippen molar-refractivity contribution < 1.29 is 18.0 Å². The molecule has 0 saturated heterocycles. The molecule has 3 rings (SSSR count). The van der Waals surface area contributed by atoms with E-state index in [2.05, 4.69) is 5.32 Å². The van der Waals surface area contributed by atoms with Gasteiger partial charge in [0.25, 0.3) is 0 Å². The van der Waals surface area contributed by atoms with E-state index in [0.717, 1.165) is 23.1 Å². The van der Waals surface area contributed by atoms with E-state index >= 15 is 0 Å². The Morgan fingerprint density at radius 2 is 1.46 bits per heavy atom. The average Bonchev–Trinajstić information content (AvgIpc) is 2.92. The summed E-state index contributed by atoms with van der Waals surface area (Å²) in [4.78, 5) is 28.8. The van der Waals surface area contributed by atoms with E-state index in [1.807, 2.05) is 86.6 Å². The van der Waals surface area contributed by atoms with E-state index in [1.54, 1.807) is 17.0 Å². The van der Waals surface area contributed by atoms with Crippen LogP contribution in [0.1, 0.15) is 42.9 Å². The lowest BCUT2D eigenvalue weighted by Gasteiger charge is -2.32. The van der Waals surface area contributed by atoms with Crippen molar-refractivity contribution in [3.8, 4) is 0 Å². The molecule has 1 atom stereocenters. The van der Waals surface area contributed by atoms with Crippen molar-refractivity contribution in [2.45, 2.75) is 52.1 Å². The van der Waals surface area contributed by atoms with Crippen LogP contribution in [0.15, 0.2) is 84.9 Å². The van der Waals surface area contributed by atoms with Crippen LogP contribution >= 0.6 is 0 Å². The number of benzene rings is 3. The second-order valence-electron chi connectivity index (χ2n) is 9.73. The maximum Gasteiger partial charge on any atom is 0.243 e. The Morgan fingerprint density at radius 3 is 2.05 bits per heavy atom.